The number of nitrogens with one attached hydrogen (secondary N) is 1. The third-order valence-corrected chi connectivity index (χ3v) is 3.49. The topological polar surface area (TPSA) is 58.6 Å². The molecule has 1 aromatic carbocycles. The van der Waals surface area contributed by atoms with E-state index in [4.69, 9.17) is 4.74 Å². The van der Waals surface area contributed by atoms with Gasteiger partial charge in [-0.25, -0.2) is 0 Å². The highest BCUT2D eigenvalue weighted by molar-refractivity contribution is 5.94. The molecule has 4 nitrogen and oxygen atoms in total. The quantitative estimate of drug-likeness (QED) is 0.694. The van der Waals surface area contributed by atoms with Gasteiger partial charge in [-0.2, -0.15) is 0 Å². The Labute approximate surface area is 152 Å². The van der Waals surface area contributed by atoms with Crippen molar-refractivity contribution in [2.75, 3.05) is 13.2 Å². The first kappa shape index (κ1) is 22.9. The van der Waals surface area contributed by atoms with Crippen molar-refractivity contribution in [3.05, 3.63) is 29.8 Å². The van der Waals surface area contributed by atoms with Gasteiger partial charge in [0.1, 0.15) is 18.5 Å². The zero-order valence-electron chi connectivity index (χ0n) is 15.7. The molecule has 24 heavy (non-hydrogen) atoms. The van der Waals surface area contributed by atoms with Gasteiger partial charge in [0.05, 0.1) is 0 Å². The molecule has 0 amide bonds. The number of rotatable bonds is 8. The molecule has 138 valence electrons. The molecule has 0 fully saturated rings. The fourth-order valence-corrected chi connectivity index (χ4v) is 2.82. The number of benzene rings is 1. The lowest BCUT2D eigenvalue weighted by atomic mass is 9.82. The molecule has 0 aromatic heterocycles. The summed E-state index contributed by atoms with van der Waals surface area (Å²) in [6.07, 6.45) is 0.432. The minimum atomic E-state index is -0.582. The monoisotopic (exact) mass is 357 g/mol. The second-order valence-corrected chi connectivity index (χ2v) is 8.05. The normalized spacial score (nSPS) is 13.1. The van der Waals surface area contributed by atoms with E-state index < -0.39 is 6.10 Å². The van der Waals surface area contributed by atoms with Crippen LogP contribution >= 0.6 is 12.4 Å². The van der Waals surface area contributed by atoms with Gasteiger partial charge in [-0.1, -0.05) is 20.8 Å². The molecule has 5 heteroatoms. The summed E-state index contributed by atoms with van der Waals surface area (Å²) in [6, 6.07) is 6.96. The van der Waals surface area contributed by atoms with E-state index in [0.717, 1.165) is 6.42 Å². The molecule has 0 aliphatic heterocycles. The Hall–Kier alpha value is -1.10. The van der Waals surface area contributed by atoms with Crippen molar-refractivity contribution < 1.29 is 14.6 Å². The SMILES string of the molecule is CC(=O)c1ccc(OCC(O)CNC(C)(C)CC(C)(C)C)cc1.Cl. The van der Waals surface area contributed by atoms with Crippen LogP contribution in [0, 0.1) is 5.41 Å². The number of aliphatic hydroxyl groups excluding tert-OH is 1. The molecule has 0 bridgehead atoms. The predicted octanol–water partition coefficient (Wildman–Crippen LogP) is 3.86. The molecule has 1 atom stereocenters. The first-order valence-electron chi connectivity index (χ1n) is 8.15. The molecule has 0 spiro atoms. The van der Waals surface area contributed by atoms with E-state index in [1.807, 2.05) is 0 Å². The van der Waals surface area contributed by atoms with Crippen molar-refractivity contribution in [1.29, 1.82) is 0 Å². The van der Waals surface area contributed by atoms with E-state index in [-0.39, 0.29) is 35.8 Å². The second-order valence-electron chi connectivity index (χ2n) is 8.05. The maximum absolute atomic E-state index is 11.2. The Kier molecular flexibility index (Phi) is 8.97. The third kappa shape index (κ3) is 9.26. The van der Waals surface area contributed by atoms with Crippen LogP contribution in [-0.2, 0) is 0 Å². The molecule has 0 saturated carbocycles. The van der Waals surface area contributed by atoms with Gasteiger partial charge in [0.2, 0.25) is 0 Å². The lowest BCUT2D eigenvalue weighted by Crippen LogP contribution is -2.46. The van der Waals surface area contributed by atoms with Gasteiger partial charge in [-0.15, -0.1) is 12.4 Å². The zero-order valence-corrected chi connectivity index (χ0v) is 16.5. The standard InChI is InChI=1S/C19H31NO3.ClH/c1-14(21)15-7-9-17(10-8-15)23-12-16(22)11-20-19(5,6)13-18(2,3)4;/h7-10,16,20,22H,11-13H2,1-6H3;1H. The Balaban J connectivity index is 0.00000529. The summed E-state index contributed by atoms with van der Waals surface area (Å²) in [5, 5.41) is 13.5. The van der Waals surface area contributed by atoms with E-state index in [0.29, 0.717) is 17.9 Å². The van der Waals surface area contributed by atoms with Gasteiger partial charge in [-0.3, -0.25) is 4.79 Å². The second kappa shape index (κ2) is 9.40. The van der Waals surface area contributed by atoms with Crippen LogP contribution in [-0.4, -0.2) is 35.7 Å². The van der Waals surface area contributed by atoms with Gasteiger partial charge >= 0.3 is 0 Å². The van der Waals surface area contributed by atoms with Crippen molar-refractivity contribution >= 4 is 18.2 Å². The Morgan fingerprint density at radius 1 is 1.17 bits per heavy atom. The number of aliphatic hydroxyl groups is 1. The number of β-amino-alcohol motifs (C(OH)–C–C–N with tert-alkyl or cyclic N) is 1. The minimum Gasteiger partial charge on any atom is -0.491 e. The van der Waals surface area contributed by atoms with Crippen LogP contribution in [0.5, 0.6) is 5.75 Å². The summed E-state index contributed by atoms with van der Waals surface area (Å²) in [6.45, 7) is 13.2. The maximum Gasteiger partial charge on any atom is 0.159 e. The number of carbonyl (C=O) groups excluding carboxylic acids is 1. The molecule has 1 aromatic rings. The molecule has 0 aliphatic rings. The first-order valence-corrected chi connectivity index (χ1v) is 8.15. The third-order valence-electron chi connectivity index (χ3n) is 3.49. The molecular formula is C19H32ClNO3. The molecule has 1 rings (SSSR count). The predicted molar refractivity (Wildman–Crippen MR) is 101 cm³/mol. The van der Waals surface area contributed by atoms with E-state index in [9.17, 15) is 9.90 Å². The minimum absolute atomic E-state index is 0. The average molecular weight is 358 g/mol. The highest BCUT2D eigenvalue weighted by Gasteiger charge is 2.25. The summed E-state index contributed by atoms with van der Waals surface area (Å²) in [4.78, 5) is 11.2. The lowest BCUT2D eigenvalue weighted by molar-refractivity contribution is 0.0943. The van der Waals surface area contributed by atoms with Crippen molar-refractivity contribution in [1.82, 2.24) is 5.32 Å². The largest absolute Gasteiger partial charge is 0.491 e. The first-order chi connectivity index (χ1) is 10.5. The highest BCUT2D eigenvalue weighted by atomic mass is 35.5. The highest BCUT2D eigenvalue weighted by Crippen LogP contribution is 2.26. The Bertz CT molecular complexity index is 506. The Morgan fingerprint density at radius 3 is 2.17 bits per heavy atom. The molecule has 0 saturated heterocycles. The summed E-state index contributed by atoms with van der Waals surface area (Å²) < 4.78 is 5.57. The van der Waals surface area contributed by atoms with Crippen molar-refractivity contribution in [2.24, 2.45) is 5.41 Å². The van der Waals surface area contributed by atoms with E-state index >= 15 is 0 Å². The van der Waals surface area contributed by atoms with E-state index in [2.05, 4.69) is 39.9 Å². The smallest absolute Gasteiger partial charge is 0.159 e. The van der Waals surface area contributed by atoms with Gasteiger partial charge < -0.3 is 15.2 Å². The lowest BCUT2D eigenvalue weighted by Gasteiger charge is -2.34. The fraction of sp³-hybridized carbons (Fsp3) is 0.632. The number of hydrogen-bond donors (Lipinski definition) is 2. The summed E-state index contributed by atoms with van der Waals surface area (Å²) in [7, 11) is 0. The average Bonchev–Trinajstić information content (AvgIpc) is 2.41. The van der Waals surface area contributed by atoms with Crippen LogP contribution in [0.2, 0.25) is 0 Å². The molecule has 1 unspecified atom stereocenters. The van der Waals surface area contributed by atoms with Crippen LogP contribution < -0.4 is 10.1 Å². The molecule has 0 radical (unpaired) electrons. The van der Waals surface area contributed by atoms with Crippen molar-refractivity contribution in [3.63, 3.8) is 0 Å². The van der Waals surface area contributed by atoms with Crippen LogP contribution in [0.4, 0.5) is 0 Å². The maximum atomic E-state index is 11.2. The number of Topliss-reactive ketones (excluding diaryl/α,β-unsaturated/α-hetero) is 1. The molecule has 0 heterocycles. The van der Waals surface area contributed by atoms with Gasteiger partial charge in [0, 0.05) is 17.6 Å². The summed E-state index contributed by atoms with van der Waals surface area (Å²) in [5.74, 6) is 0.685. The number of halogens is 1. The fourth-order valence-electron chi connectivity index (χ4n) is 2.82. The van der Waals surface area contributed by atoms with Crippen LogP contribution in [0.25, 0.3) is 0 Å². The van der Waals surface area contributed by atoms with Crippen molar-refractivity contribution in [2.45, 2.75) is 59.6 Å². The van der Waals surface area contributed by atoms with Crippen molar-refractivity contribution in [3.8, 4) is 5.75 Å². The van der Waals surface area contributed by atoms with Gasteiger partial charge in [0.25, 0.3) is 0 Å². The number of ketones is 1. The van der Waals surface area contributed by atoms with Gasteiger partial charge in [-0.05, 0) is 56.9 Å². The van der Waals surface area contributed by atoms with E-state index in [1.165, 1.54) is 6.92 Å². The number of ether oxygens (including phenoxy) is 1. The van der Waals surface area contributed by atoms with Crippen LogP contribution in [0.3, 0.4) is 0 Å². The molecule has 2 N–H and O–H groups in total. The summed E-state index contributed by atoms with van der Waals surface area (Å²) in [5.41, 5.74) is 0.849. The number of hydrogen-bond acceptors (Lipinski definition) is 4. The summed E-state index contributed by atoms with van der Waals surface area (Å²) >= 11 is 0. The number of carbonyl (C=O) groups is 1. The van der Waals surface area contributed by atoms with Crippen LogP contribution in [0.15, 0.2) is 24.3 Å². The molecule has 0 aliphatic carbocycles. The molecular weight excluding hydrogens is 326 g/mol. The zero-order chi connectivity index (χ0) is 17.7. The Morgan fingerprint density at radius 2 is 1.71 bits per heavy atom. The van der Waals surface area contributed by atoms with Crippen LogP contribution in [0.1, 0.15) is 58.3 Å². The van der Waals surface area contributed by atoms with E-state index in [1.54, 1.807) is 24.3 Å². The van der Waals surface area contributed by atoms with Gasteiger partial charge in [0.15, 0.2) is 5.78 Å².